The Balaban J connectivity index is 1.98. The molecular formula is C18H21ClN2O4S. The minimum absolute atomic E-state index is 0.0823. The molecule has 0 aliphatic carbocycles. The van der Waals surface area contributed by atoms with Crippen molar-refractivity contribution in [3.63, 3.8) is 0 Å². The molecule has 0 unspecified atom stereocenters. The number of benzene rings is 2. The van der Waals surface area contributed by atoms with Crippen molar-refractivity contribution < 1.29 is 17.9 Å². The zero-order chi connectivity index (χ0) is 19.2. The first-order chi connectivity index (χ1) is 12.3. The molecule has 0 aliphatic rings. The molecule has 0 atom stereocenters. The van der Waals surface area contributed by atoms with Crippen molar-refractivity contribution in [2.75, 3.05) is 20.2 Å². The van der Waals surface area contributed by atoms with Crippen LogP contribution < -0.4 is 10.1 Å². The van der Waals surface area contributed by atoms with Crippen LogP contribution in [0.4, 0.5) is 0 Å². The zero-order valence-corrected chi connectivity index (χ0v) is 16.2. The van der Waals surface area contributed by atoms with E-state index in [1.54, 1.807) is 0 Å². The number of carbonyl (C=O) groups excluding carboxylic acids is 1. The number of hydrogen-bond acceptors (Lipinski definition) is 4. The molecular weight excluding hydrogens is 376 g/mol. The van der Waals surface area contributed by atoms with Gasteiger partial charge < -0.3 is 10.1 Å². The predicted molar refractivity (Wildman–Crippen MR) is 101 cm³/mol. The summed E-state index contributed by atoms with van der Waals surface area (Å²) < 4.78 is 31.5. The van der Waals surface area contributed by atoms with Crippen LogP contribution in [0.5, 0.6) is 5.75 Å². The number of carbonyl (C=O) groups is 1. The summed E-state index contributed by atoms with van der Waals surface area (Å²) in [6.07, 6.45) is 0. The van der Waals surface area contributed by atoms with Gasteiger partial charge >= 0.3 is 0 Å². The number of nitrogens with zero attached hydrogens (tertiary/aromatic N) is 1. The molecule has 0 saturated heterocycles. The van der Waals surface area contributed by atoms with Crippen molar-refractivity contribution >= 4 is 27.5 Å². The average molecular weight is 397 g/mol. The second-order valence-corrected chi connectivity index (χ2v) is 8.01. The molecule has 0 bridgehead atoms. The lowest BCUT2D eigenvalue weighted by Gasteiger charge is -2.17. The van der Waals surface area contributed by atoms with Crippen LogP contribution in [0.3, 0.4) is 0 Å². The van der Waals surface area contributed by atoms with Gasteiger partial charge in [-0.25, -0.2) is 8.42 Å². The number of para-hydroxylation sites is 1. The summed E-state index contributed by atoms with van der Waals surface area (Å²) in [4.78, 5) is 12.2. The van der Waals surface area contributed by atoms with Gasteiger partial charge in [-0.1, -0.05) is 29.8 Å². The fourth-order valence-corrected chi connectivity index (χ4v) is 3.52. The topological polar surface area (TPSA) is 75.7 Å². The third-order valence-corrected chi connectivity index (χ3v) is 5.71. The lowest BCUT2D eigenvalue weighted by atomic mass is 10.2. The standard InChI is InChI=1S/C18H21ClN2O4S/c1-3-25-17-7-5-4-6-14(17)12-20-18(22)13-21(2)26(23,24)16-10-8-15(19)9-11-16/h4-11H,3,12-13H2,1-2H3,(H,20,22). The number of hydrogen-bond donors (Lipinski definition) is 1. The molecule has 2 aromatic carbocycles. The van der Waals surface area contributed by atoms with Gasteiger partial charge in [0.15, 0.2) is 0 Å². The first kappa shape index (κ1) is 20.2. The van der Waals surface area contributed by atoms with E-state index in [2.05, 4.69) is 5.32 Å². The molecule has 0 aliphatic heterocycles. The van der Waals surface area contributed by atoms with Gasteiger partial charge in [-0.3, -0.25) is 4.79 Å². The highest BCUT2D eigenvalue weighted by molar-refractivity contribution is 7.89. The van der Waals surface area contributed by atoms with Crippen molar-refractivity contribution in [2.24, 2.45) is 0 Å². The van der Waals surface area contributed by atoms with Crippen LogP contribution in [0.1, 0.15) is 12.5 Å². The number of likely N-dealkylation sites (N-methyl/N-ethyl adjacent to an activating group) is 1. The number of sulfonamides is 1. The highest BCUT2D eigenvalue weighted by atomic mass is 35.5. The largest absolute Gasteiger partial charge is 0.494 e. The molecule has 1 N–H and O–H groups in total. The Morgan fingerprint density at radius 2 is 1.81 bits per heavy atom. The monoisotopic (exact) mass is 396 g/mol. The number of ether oxygens (including phenoxy) is 1. The number of halogens is 1. The summed E-state index contributed by atoms with van der Waals surface area (Å²) in [5, 5.41) is 3.16. The summed E-state index contributed by atoms with van der Waals surface area (Å²) in [6.45, 7) is 2.37. The van der Waals surface area contributed by atoms with Crippen molar-refractivity contribution in [1.29, 1.82) is 0 Å². The van der Waals surface area contributed by atoms with Gasteiger partial charge in [-0.05, 0) is 37.3 Å². The third-order valence-electron chi connectivity index (χ3n) is 3.64. The zero-order valence-electron chi connectivity index (χ0n) is 14.6. The Hall–Kier alpha value is -2.09. The Morgan fingerprint density at radius 3 is 2.46 bits per heavy atom. The van der Waals surface area contributed by atoms with Crippen LogP contribution in [-0.4, -0.2) is 38.8 Å². The predicted octanol–water partition coefficient (Wildman–Crippen LogP) is 2.68. The minimum Gasteiger partial charge on any atom is -0.494 e. The van der Waals surface area contributed by atoms with Gasteiger partial charge in [0.25, 0.3) is 0 Å². The fraction of sp³-hybridized carbons (Fsp3) is 0.278. The van der Waals surface area contributed by atoms with E-state index in [-0.39, 0.29) is 18.0 Å². The molecule has 0 spiro atoms. The third kappa shape index (κ3) is 5.20. The van der Waals surface area contributed by atoms with Crippen molar-refractivity contribution in [3.8, 4) is 5.75 Å². The van der Waals surface area contributed by atoms with Crippen LogP contribution in [-0.2, 0) is 21.4 Å². The van der Waals surface area contributed by atoms with Gasteiger partial charge in [0.1, 0.15) is 5.75 Å². The van der Waals surface area contributed by atoms with E-state index < -0.39 is 15.9 Å². The van der Waals surface area contributed by atoms with E-state index in [1.807, 2.05) is 31.2 Å². The van der Waals surface area contributed by atoms with Gasteiger partial charge in [-0.15, -0.1) is 0 Å². The number of amides is 1. The maximum absolute atomic E-state index is 12.5. The van der Waals surface area contributed by atoms with Crippen LogP contribution in [0, 0.1) is 0 Å². The Kier molecular flexibility index (Phi) is 7.02. The second kappa shape index (κ2) is 9.02. The summed E-state index contributed by atoms with van der Waals surface area (Å²) >= 11 is 5.78. The molecule has 26 heavy (non-hydrogen) atoms. The van der Waals surface area contributed by atoms with E-state index in [9.17, 15) is 13.2 Å². The van der Waals surface area contributed by atoms with Crippen LogP contribution >= 0.6 is 11.6 Å². The van der Waals surface area contributed by atoms with Crippen molar-refractivity contribution in [2.45, 2.75) is 18.4 Å². The molecule has 1 amide bonds. The van der Waals surface area contributed by atoms with E-state index in [0.717, 1.165) is 9.87 Å². The van der Waals surface area contributed by atoms with Gasteiger partial charge in [0.2, 0.25) is 15.9 Å². The highest BCUT2D eigenvalue weighted by Gasteiger charge is 2.22. The van der Waals surface area contributed by atoms with Crippen molar-refractivity contribution in [1.82, 2.24) is 9.62 Å². The van der Waals surface area contributed by atoms with Crippen molar-refractivity contribution in [3.05, 3.63) is 59.1 Å². The molecule has 8 heteroatoms. The minimum atomic E-state index is -3.76. The van der Waals surface area contributed by atoms with Crippen LogP contribution in [0.15, 0.2) is 53.4 Å². The molecule has 0 radical (unpaired) electrons. The maximum atomic E-state index is 12.5. The summed E-state index contributed by atoms with van der Waals surface area (Å²) in [6, 6.07) is 13.2. The molecule has 0 saturated carbocycles. The molecule has 0 aromatic heterocycles. The van der Waals surface area contributed by atoms with Crippen LogP contribution in [0.25, 0.3) is 0 Å². The van der Waals surface area contributed by atoms with Gasteiger partial charge in [0.05, 0.1) is 18.0 Å². The van der Waals surface area contributed by atoms with Gasteiger partial charge in [-0.2, -0.15) is 4.31 Å². The highest BCUT2D eigenvalue weighted by Crippen LogP contribution is 2.18. The quantitative estimate of drug-likeness (QED) is 0.744. The summed E-state index contributed by atoms with van der Waals surface area (Å²) in [7, 11) is -2.40. The van der Waals surface area contributed by atoms with Crippen LogP contribution in [0.2, 0.25) is 5.02 Å². The molecule has 0 fully saturated rings. The first-order valence-electron chi connectivity index (χ1n) is 8.04. The second-order valence-electron chi connectivity index (χ2n) is 5.53. The van der Waals surface area contributed by atoms with Gasteiger partial charge in [0, 0.05) is 24.2 Å². The number of rotatable bonds is 8. The fourth-order valence-electron chi connectivity index (χ4n) is 2.27. The van der Waals surface area contributed by atoms with E-state index >= 15 is 0 Å². The molecule has 2 rings (SSSR count). The maximum Gasteiger partial charge on any atom is 0.243 e. The van der Waals surface area contributed by atoms with E-state index in [0.29, 0.717) is 17.4 Å². The molecule has 0 heterocycles. The Labute approximate surface area is 158 Å². The lowest BCUT2D eigenvalue weighted by molar-refractivity contribution is -0.121. The SMILES string of the molecule is CCOc1ccccc1CNC(=O)CN(C)S(=O)(=O)c1ccc(Cl)cc1. The molecule has 6 nitrogen and oxygen atoms in total. The Bertz CT molecular complexity index is 854. The Morgan fingerprint density at radius 1 is 1.15 bits per heavy atom. The molecule has 2 aromatic rings. The average Bonchev–Trinajstić information content (AvgIpc) is 2.61. The first-order valence-corrected chi connectivity index (χ1v) is 9.85. The number of nitrogens with one attached hydrogen (secondary N) is 1. The van der Waals surface area contributed by atoms with E-state index in [4.69, 9.17) is 16.3 Å². The lowest BCUT2D eigenvalue weighted by Crippen LogP contribution is -2.38. The summed E-state index contributed by atoms with van der Waals surface area (Å²) in [5.74, 6) is 0.286. The van der Waals surface area contributed by atoms with E-state index in [1.165, 1.54) is 31.3 Å². The molecule has 140 valence electrons. The normalized spacial score (nSPS) is 11.4. The summed E-state index contributed by atoms with van der Waals surface area (Å²) in [5.41, 5.74) is 0.825. The smallest absolute Gasteiger partial charge is 0.243 e.